The monoisotopic (exact) mass is 541 g/mol. The largest absolute Gasteiger partial charge is 0.460 e. The summed E-state index contributed by atoms with van der Waals surface area (Å²) in [5.74, 6) is -0.744. The smallest absolute Gasteiger partial charge is 0.308 e. The molecule has 1 unspecified atom stereocenters. The molecule has 1 amide bonds. The van der Waals surface area contributed by atoms with E-state index in [2.05, 4.69) is 41.8 Å². The predicted molar refractivity (Wildman–Crippen MR) is 156 cm³/mol. The molecular weight excluding hydrogens is 494 g/mol. The topological polar surface area (TPSA) is 90.9 Å². The van der Waals surface area contributed by atoms with E-state index in [1.165, 1.54) is 0 Å². The maximum Gasteiger partial charge on any atom is 0.308 e. The van der Waals surface area contributed by atoms with Crippen molar-refractivity contribution in [1.82, 2.24) is 5.32 Å². The molecule has 0 spiro atoms. The van der Waals surface area contributed by atoms with E-state index in [0.29, 0.717) is 30.3 Å². The summed E-state index contributed by atoms with van der Waals surface area (Å²) in [4.78, 5) is 36.6. The molecule has 7 heteroatoms. The van der Waals surface area contributed by atoms with Crippen molar-refractivity contribution in [3.05, 3.63) is 71.8 Å². The van der Waals surface area contributed by atoms with Gasteiger partial charge in [-0.3, -0.25) is 14.4 Å². The lowest BCUT2D eigenvalue weighted by Crippen LogP contribution is -2.38. The van der Waals surface area contributed by atoms with Gasteiger partial charge in [-0.05, 0) is 78.2 Å². The zero-order valence-electron chi connectivity index (χ0n) is 24.3. The zero-order chi connectivity index (χ0) is 28.9. The summed E-state index contributed by atoms with van der Waals surface area (Å²) in [6.07, 6.45) is 20.6. The Morgan fingerprint density at radius 1 is 0.872 bits per heavy atom. The third-order valence-corrected chi connectivity index (χ3v) is 5.81. The number of esters is 1. The van der Waals surface area contributed by atoms with Crippen molar-refractivity contribution in [3.8, 4) is 0 Å². The highest BCUT2D eigenvalue weighted by Gasteiger charge is 2.22. The van der Waals surface area contributed by atoms with Gasteiger partial charge < -0.3 is 19.5 Å². The van der Waals surface area contributed by atoms with Gasteiger partial charge in [-0.1, -0.05) is 54.7 Å². The van der Waals surface area contributed by atoms with E-state index in [9.17, 15) is 14.4 Å². The number of amides is 1. The quantitative estimate of drug-likeness (QED) is 0.0686. The van der Waals surface area contributed by atoms with Crippen LogP contribution in [0, 0.1) is 0 Å². The second kappa shape index (κ2) is 20.0. The molecule has 0 saturated heterocycles. The van der Waals surface area contributed by atoms with Crippen LogP contribution in [-0.4, -0.2) is 50.3 Å². The number of carbonyl (C=O) groups is 3. The molecule has 0 fully saturated rings. The van der Waals surface area contributed by atoms with Crippen LogP contribution < -0.4 is 5.32 Å². The van der Waals surface area contributed by atoms with Gasteiger partial charge in [0.1, 0.15) is 5.60 Å². The molecule has 1 aromatic rings. The second-order valence-corrected chi connectivity index (χ2v) is 10.3. The number of nitrogens with one attached hydrogen (secondary N) is 1. The molecule has 1 aromatic carbocycles. The van der Waals surface area contributed by atoms with E-state index >= 15 is 0 Å². The lowest BCUT2D eigenvalue weighted by Gasteiger charge is -2.23. The number of rotatable bonds is 19. The maximum absolute atomic E-state index is 12.8. The van der Waals surface area contributed by atoms with Crippen LogP contribution in [-0.2, 0) is 19.0 Å². The first kappa shape index (κ1) is 34.0. The molecule has 0 radical (unpaired) electrons. The third-order valence-electron chi connectivity index (χ3n) is 5.81. The van der Waals surface area contributed by atoms with Crippen molar-refractivity contribution < 1.29 is 28.6 Å². The lowest BCUT2D eigenvalue weighted by molar-refractivity contribution is -0.155. The summed E-state index contributed by atoms with van der Waals surface area (Å²) in [6, 6.07) is 6.20. The van der Waals surface area contributed by atoms with E-state index in [1.54, 1.807) is 38.5 Å². The fraction of sp³-hybridized carbons (Fsp3) is 0.531. The molecule has 7 nitrogen and oxygen atoms in total. The van der Waals surface area contributed by atoms with E-state index in [-0.39, 0.29) is 24.6 Å². The van der Waals surface area contributed by atoms with Crippen LogP contribution in [0.3, 0.4) is 0 Å². The Hall–Kier alpha value is -3.03. The number of unbranched alkanes of at least 4 members (excludes halogenated alkanes) is 2. The Balaban J connectivity index is 2.46. The Bertz CT molecular complexity index is 940. The van der Waals surface area contributed by atoms with Crippen LogP contribution in [0.2, 0.25) is 0 Å². The molecule has 1 N–H and O–H groups in total. The highest BCUT2D eigenvalue weighted by molar-refractivity contribution is 6.01. The number of carbonyl (C=O) groups excluding carboxylic acids is 3. The second-order valence-electron chi connectivity index (χ2n) is 10.3. The summed E-state index contributed by atoms with van der Waals surface area (Å²) >= 11 is 0. The molecule has 0 heterocycles. The van der Waals surface area contributed by atoms with Crippen molar-refractivity contribution in [2.24, 2.45) is 0 Å². The number of benzene rings is 1. The van der Waals surface area contributed by atoms with Crippen LogP contribution in [0.5, 0.6) is 0 Å². The van der Waals surface area contributed by atoms with Gasteiger partial charge in [0.05, 0.1) is 6.42 Å². The van der Waals surface area contributed by atoms with Crippen molar-refractivity contribution in [2.45, 2.75) is 96.5 Å². The Morgan fingerprint density at radius 2 is 1.49 bits per heavy atom. The highest BCUT2D eigenvalue weighted by Crippen LogP contribution is 2.14. The first-order valence-electron chi connectivity index (χ1n) is 13.8. The van der Waals surface area contributed by atoms with Gasteiger partial charge in [0.15, 0.2) is 12.6 Å². The number of hydrogen-bond acceptors (Lipinski definition) is 6. The predicted octanol–water partition coefficient (Wildman–Crippen LogP) is 6.74. The highest BCUT2D eigenvalue weighted by atomic mass is 16.7. The fourth-order valence-electron chi connectivity index (χ4n) is 3.86. The molecule has 1 atom stereocenters. The number of aldehydes is 1. The summed E-state index contributed by atoms with van der Waals surface area (Å²) < 4.78 is 15.8. The maximum atomic E-state index is 12.8. The SMILES string of the molecule is COC(CCCCC=CCC=CCC=CCCC(CC(=O)OC(C)(C)C)NC(=O)c1ccccc1C=O)OC. The zero-order valence-corrected chi connectivity index (χ0v) is 24.3. The lowest BCUT2D eigenvalue weighted by atomic mass is 10.0. The summed E-state index contributed by atoms with van der Waals surface area (Å²) in [5, 5.41) is 2.91. The first-order chi connectivity index (χ1) is 18.7. The molecule has 0 aliphatic rings. The normalized spacial score (nSPS) is 13.0. The van der Waals surface area contributed by atoms with Crippen molar-refractivity contribution in [1.29, 1.82) is 0 Å². The minimum Gasteiger partial charge on any atom is -0.460 e. The molecule has 216 valence electrons. The number of hydrogen-bond donors (Lipinski definition) is 1. The molecule has 1 rings (SSSR count). The van der Waals surface area contributed by atoms with Gasteiger partial charge >= 0.3 is 5.97 Å². The number of allylic oxidation sites excluding steroid dienone is 6. The summed E-state index contributed by atoms with van der Waals surface area (Å²) in [6.45, 7) is 5.44. The number of ether oxygens (including phenoxy) is 3. The van der Waals surface area contributed by atoms with Crippen LogP contribution in [0.1, 0.15) is 99.3 Å². The average Bonchev–Trinajstić information content (AvgIpc) is 2.89. The van der Waals surface area contributed by atoms with E-state index < -0.39 is 11.6 Å². The Labute approximate surface area is 234 Å². The molecule has 39 heavy (non-hydrogen) atoms. The van der Waals surface area contributed by atoms with Gasteiger partial charge in [-0.2, -0.15) is 0 Å². The fourth-order valence-corrected chi connectivity index (χ4v) is 3.86. The van der Waals surface area contributed by atoms with Gasteiger partial charge in [-0.15, -0.1) is 0 Å². The summed E-state index contributed by atoms with van der Waals surface area (Å²) in [7, 11) is 3.33. The van der Waals surface area contributed by atoms with Crippen LogP contribution in [0.4, 0.5) is 0 Å². The molecular formula is C32H47NO6. The van der Waals surface area contributed by atoms with E-state index in [0.717, 1.165) is 38.5 Å². The van der Waals surface area contributed by atoms with E-state index in [1.807, 2.05) is 20.8 Å². The molecule has 0 aliphatic heterocycles. The van der Waals surface area contributed by atoms with Gasteiger partial charge in [-0.25, -0.2) is 0 Å². The third kappa shape index (κ3) is 16.5. The van der Waals surface area contributed by atoms with E-state index in [4.69, 9.17) is 14.2 Å². The van der Waals surface area contributed by atoms with Gasteiger partial charge in [0.25, 0.3) is 5.91 Å². The molecule has 0 aliphatic carbocycles. The van der Waals surface area contributed by atoms with Crippen LogP contribution in [0.15, 0.2) is 60.7 Å². The van der Waals surface area contributed by atoms with Crippen LogP contribution in [0.25, 0.3) is 0 Å². The van der Waals surface area contributed by atoms with Gasteiger partial charge in [0, 0.05) is 31.4 Å². The number of methoxy groups -OCH3 is 2. The average molecular weight is 542 g/mol. The first-order valence-corrected chi connectivity index (χ1v) is 13.8. The molecule has 0 bridgehead atoms. The van der Waals surface area contributed by atoms with Crippen LogP contribution >= 0.6 is 0 Å². The summed E-state index contributed by atoms with van der Waals surface area (Å²) in [5.41, 5.74) is 0.00619. The Kier molecular flexibility index (Phi) is 17.4. The Morgan fingerprint density at radius 3 is 2.10 bits per heavy atom. The standard InChI is InChI=1S/C32H47NO6/c1-32(2,3)39-29(35)24-27(33-31(36)28-22-19-18-20-26(28)25-34)21-16-14-12-10-8-6-7-9-11-13-15-17-23-30(37-4)38-5/h6,8-9,11-12,14,18-20,22,25,27,30H,7,10,13,15-17,21,23-24H2,1-5H3,(H,33,36). The molecule has 0 saturated carbocycles. The van der Waals surface area contributed by atoms with Crippen molar-refractivity contribution >= 4 is 18.2 Å². The van der Waals surface area contributed by atoms with Crippen molar-refractivity contribution in [2.75, 3.05) is 14.2 Å². The minimum absolute atomic E-state index is 0.0612. The van der Waals surface area contributed by atoms with Crippen molar-refractivity contribution in [3.63, 3.8) is 0 Å². The van der Waals surface area contributed by atoms with Gasteiger partial charge in [0.2, 0.25) is 0 Å². The molecule has 0 aromatic heterocycles. The minimum atomic E-state index is -0.602.